The Hall–Kier alpha value is -3.27. The smallest absolute Gasteiger partial charge is 0.147 e. The Balaban J connectivity index is 1.42. The van der Waals surface area contributed by atoms with Gasteiger partial charge in [-0.2, -0.15) is 0 Å². The first-order chi connectivity index (χ1) is 15.1. The van der Waals surface area contributed by atoms with Crippen LogP contribution in [0.1, 0.15) is 43.1 Å². The topological polar surface area (TPSA) is 36.3 Å². The molecule has 0 radical (unpaired) electrons. The second-order valence-electron chi connectivity index (χ2n) is 8.20. The van der Waals surface area contributed by atoms with E-state index in [4.69, 9.17) is 14.5 Å². The van der Waals surface area contributed by atoms with E-state index in [1.54, 1.807) is 0 Å². The van der Waals surface area contributed by atoms with Crippen molar-refractivity contribution in [1.82, 2.24) is 9.55 Å². The Labute approximate surface area is 184 Å². The molecule has 0 unspecified atom stereocenters. The van der Waals surface area contributed by atoms with E-state index in [1.165, 1.54) is 11.1 Å². The van der Waals surface area contributed by atoms with Crippen LogP contribution in [0.15, 0.2) is 72.8 Å². The van der Waals surface area contributed by atoms with Crippen LogP contribution in [0.2, 0.25) is 0 Å². The molecule has 31 heavy (non-hydrogen) atoms. The zero-order valence-corrected chi connectivity index (χ0v) is 18.5. The number of nitrogens with zero attached hydrogens (tertiary/aromatic N) is 2. The lowest BCUT2D eigenvalue weighted by Gasteiger charge is -2.12. The minimum absolute atomic E-state index is 0.439. The number of hydrogen-bond donors (Lipinski definition) is 0. The molecule has 0 N–H and O–H groups in total. The van der Waals surface area contributed by atoms with Crippen molar-refractivity contribution in [3.63, 3.8) is 0 Å². The predicted octanol–water partition coefficient (Wildman–Crippen LogP) is 6.52. The molecular formula is C27H30N2O2. The summed E-state index contributed by atoms with van der Waals surface area (Å²) in [6.07, 6.45) is 0.893. The van der Waals surface area contributed by atoms with Crippen LogP contribution >= 0.6 is 0 Å². The summed E-state index contributed by atoms with van der Waals surface area (Å²) >= 11 is 0. The van der Waals surface area contributed by atoms with Crippen molar-refractivity contribution in [1.29, 1.82) is 0 Å². The van der Waals surface area contributed by atoms with E-state index in [0.717, 1.165) is 41.3 Å². The van der Waals surface area contributed by atoms with Gasteiger partial charge in [0.15, 0.2) is 0 Å². The van der Waals surface area contributed by atoms with Crippen molar-refractivity contribution < 1.29 is 9.47 Å². The van der Waals surface area contributed by atoms with Crippen molar-refractivity contribution in [3.05, 3.63) is 89.7 Å². The van der Waals surface area contributed by atoms with E-state index < -0.39 is 0 Å². The molecule has 0 amide bonds. The molecule has 0 atom stereocenters. The van der Waals surface area contributed by atoms with E-state index >= 15 is 0 Å². The second-order valence-corrected chi connectivity index (χ2v) is 8.20. The molecule has 4 rings (SSSR count). The summed E-state index contributed by atoms with van der Waals surface area (Å²) in [5.74, 6) is 3.23. The maximum atomic E-state index is 6.07. The number of ether oxygens (including phenoxy) is 2. The van der Waals surface area contributed by atoms with Crippen molar-refractivity contribution in [3.8, 4) is 11.5 Å². The number of aromatic nitrogens is 2. The molecule has 1 aromatic heterocycles. The largest absolute Gasteiger partial charge is 0.494 e. The van der Waals surface area contributed by atoms with E-state index in [1.807, 2.05) is 30.3 Å². The lowest BCUT2D eigenvalue weighted by Crippen LogP contribution is -2.10. The summed E-state index contributed by atoms with van der Waals surface area (Å²) in [6, 6.07) is 24.8. The molecule has 0 saturated carbocycles. The number of benzene rings is 3. The molecule has 4 nitrogen and oxygen atoms in total. The average Bonchev–Trinajstić information content (AvgIpc) is 3.14. The number of imidazole rings is 1. The van der Waals surface area contributed by atoms with Gasteiger partial charge in [0.25, 0.3) is 0 Å². The third-order valence-corrected chi connectivity index (χ3v) is 5.46. The van der Waals surface area contributed by atoms with E-state index in [-0.39, 0.29) is 0 Å². The molecule has 160 valence electrons. The van der Waals surface area contributed by atoms with Crippen LogP contribution in [0.5, 0.6) is 11.5 Å². The van der Waals surface area contributed by atoms with Gasteiger partial charge in [-0.1, -0.05) is 55.8 Å². The van der Waals surface area contributed by atoms with E-state index in [9.17, 15) is 0 Å². The molecule has 0 saturated heterocycles. The minimum atomic E-state index is 0.439. The van der Waals surface area contributed by atoms with Gasteiger partial charge in [0.1, 0.15) is 23.9 Å². The molecule has 3 aromatic carbocycles. The Morgan fingerprint density at radius 2 is 1.52 bits per heavy atom. The maximum Gasteiger partial charge on any atom is 0.147 e. The third-order valence-electron chi connectivity index (χ3n) is 5.46. The Morgan fingerprint density at radius 1 is 0.839 bits per heavy atom. The zero-order chi connectivity index (χ0) is 21.6. The lowest BCUT2D eigenvalue weighted by molar-refractivity contribution is 0.280. The Morgan fingerprint density at radius 3 is 2.26 bits per heavy atom. The monoisotopic (exact) mass is 414 g/mol. The molecule has 0 aliphatic heterocycles. The Kier molecular flexibility index (Phi) is 6.56. The van der Waals surface area contributed by atoms with Gasteiger partial charge in [0.2, 0.25) is 0 Å². The first-order valence-corrected chi connectivity index (χ1v) is 11.0. The van der Waals surface area contributed by atoms with Gasteiger partial charge >= 0.3 is 0 Å². The number of aryl methyl sites for hydroxylation is 2. The molecule has 0 aliphatic carbocycles. The van der Waals surface area contributed by atoms with E-state index in [2.05, 4.69) is 67.8 Å². The van der Waals surface area contributed by atoms with Crippen LogP contribution < -0.4 is 9.47 Å². The molecule has 4 heteroatoms. The number of para-hydroxylation sites is 2. The van der Waals surface area contributed by atoms with Gasteiger partial charge < -0.3 is 14.0 Å². The van der Waals surface area contributed by atoms with Gasteiger partial charge in [0.05, 0.1) is 17.6 Å². The van der Waals surface area contributed by atoms with Crippen LogP contribution in [0.3, 0.4) is 0 Å². The molecule has 1 heterocycles. The highest BCUT2D eigenvalue weighted by Crippen LogP contribution is 2.21. The maximum absolute atomic E-state index is 6.07. The van der Waals surface area contributed by atoms with Crippen LogP contribution in [0, 0.1) is 6.92 Å². The quantitative estimate of drug-likeness (QED) is 0.293. The second kappa shape index (κ2) is 9.69. The number of fused-ring (bicyclic) bond motifs is 1. The summed E-state index contributed by atoms with van der Waals surface area (Å²) in [5, 5.41) is 0. The molecular weight excluding hydrogens is 384 g/mol. The van der Waals surface area contributed by atoms with Crippen LogP contribution in [-0.2, 0) is 13.2 Å². The molecule has 0 aliphatic rings. The van der Waals surface area contributed by atoms with Gasteiger partial charge in [-0.25, -0.2) is 4.98 Å². The van der Waals surface area contributed by atoms with Crippen molar-refractivity contribution in [2.24, 2.45) is 0 Å². The minimum Gasteiger partial charge on any atom is -0.494 e. The summed E-state index contributed by atoms with van der Waals surface area (Å²) in [4.78, 5) is 4.82. The summed E-state index contributed by atoms with van der Waals surface area (Å²) in [6.45, 7) is 8.40. The fourth-order valence-electron chi connectivity index (χ4n) is 3.63. The predicted molar refractivity (Wildman–Crippen MR) is 126 cm³/mol. The lowest BCUT2D eigenvalue weighted by atomic mass is 10.0. The van der Waals surface area contributed by atoms with Gasteiger partial charge in [-0.05, 0) is 61.2 Å². The highest BCUT2D eigenvalue weighted by Gasteiger charge is 2.11. The molecule has 4 aromatic rings. The molecule has 0 fully saturated rings. The van der Waals surface area contributed by atoms with Gasteiger partial charge in [0, 0.05) is 6.54 Å². The van der Waals surface area contributed by atoms with Crippen LogP contribution in [0.25, 0.3) is 11.0 Å². The molecule has 0 bridgehead atoms. The fraction of sp³-hybridized carbons (Fsp3) is 0.296. The SMILES string of the molecule is Cc1ccc(OCCCn2c(COc3ccc(C(C)C)cc3)nc3ccccc32)cc1. The fourth-order valence-corrected chi connectivity index (χ4v) is 3.63. The number of rotatable bonds is 9. The highest BCUT2D eigenvalue weighted by atomic mass is 16.5. The van der Waals surface area contributed by atoms with E-state index in [0.29, 0.717) is 19.1 Å². The summed E-state index contributed by atoms with van der Waals surface area (Å²) in [5.41, 5.74) is 4.68. The van der Waals surface area contributed by atoms with Crippen molar-refractivity contribution in [2.45, 2.75) is 46.3 Å². The average molecular weight is 415 g/mol. The normalized spacial score (nSPS) is 11.2. The number of hydrogen-bond acceptors (Lipinski definition) is 3. The van der Waals surface area contributed by atoms with Crippen molar-refractivity contribution >= 4 is 11.0 Å². The first kappa shape index (κ1) is 21.0. The van der Waals surface area contributed by atoms with Crippen LogP contribution in [0.4, 0.5) is 0 Å². The van der Waals surface area contributed by atoms with Crippen molar-refractivity contribution in [2.75, 3.05) is 6.61 Å². The summed E-state index contributed by atoms with van der Waals surface area (Å²) in [7, 11) is 0. The summed E-state index contributed by atoms with van der Waals surface area (Å²) < 4.78 is 14.2. The van der Waals surface area contributed by atoms with Gasteiger partial charge in [-0.15, -0.1) is 0 Å². The Bertz CT molecular complexity index is 1110. The first-order valence-electron chi connectivity index (χ1n) is 11.0. The molecule has 0 spiro atoms. The van der Waals surface area contributed by atoms with Crippen LogP contribution in [-0.4, -0.2) is 16.2 Å². The van der Waals surface area contributed by atoms with Gasteiger partial charge in [-0.3, -0.25) is 0 Å². The standard InChI is InChI=1S/C27H30N2O2/c1-20(2)22-11-15-24(16-12-22)31-19-27-28-25-7-4-5-8-26(25)29(27)17-6-18-30-23-13-9-21(3)10-14-23/h4-5,7-16,20H,6,17-19H2,1-3H3. The zero-order valence-electron chi connectivity index (χ0n) is 18.5. The highest BCUT2D eigenvalue weighted by molar-refractivity contribution is 5.75. The third kappa shape index (κ3) is 5.26.